The Kier molecular flexibility index (Phi) is 7.21. The average molecular weight is 414 g/mol. The average Bonchev–Trinajstić information content (AvgIpc) is 2.65. The van der Waals surface area contributed by atoms with E-state index in [9.17, 15) is 18.3 Å². The Morgan fingerprint density at radius 3 is 2.59 bits per heavy atom. The van der Waals surface area contributed by atoms with Gasteiger partial charge in [-0.05, 0) is 56.1 Å². The van der Waals surface area contributed by atoms with Crippen molar-refractivity contribution < 1.29 is 27.8 Å². The van der Waals surface area contributed by atoms with E-state index in [1.165, 1.54) is 0 Å². The second kappa shape index (κ2) is 9.47. The number of morpholine rings is 1. The summed E-state index contributed by atoms with van der Waals surface area (Å²) in [7, 11) is 0. The van der Waals surface area contributed by atoms with Crippen molar-refractivity contribution in [3.05, 3.63) is 35.4 Å². The lowest BCUT2D eigenvalue weighted by Crippen LogP contribution is -2.48. The van der Waals surface area contributed by atoms with Gasteiger partial charge in [0.15, 0.2) is 0 Å². The molecule has 1 fully saturated rings. The van der Waals surface area contributed by atoms with E-state index in [-0.39, 0.29) is 24.6 Å². The van der Waals surface area contributed by atoms with Crippen molar-refractivity contribution in [3.8, 4) is 5.75 Å². The zero-order valence-corrected chi connectivity index (χ0v) is 16.8. The number of hydrogen-bond acceptors (Lipinski definition) is 5. The van der Waals surface area contributed by atoms with E-state index in [0.717, 1.165) is 24.3 Å². The number of β-amino-alcohol motifs (C(OH)–C–C–N with tert-alkyl or cyclic N) is 1. The second-order valence-corrected chi connectivity index (χ2v) is 7.87. The van der Waals surface area contributed by atoms with Gasteiger partial charge in [0.1, 0.15) is 18.5 Å². The SMILES string of the molecule is C[C@@H]1CN(CC(O)COc2cc(C3=CCNCC3)cc(C(F)(F)F)c2)C[C@H](C)O1. The first-order chi connectivity index (χ1) is 13.7. The summed E-state index contributed by atoms with van der Waals surface area (Å²) in [5, 5.41) is 13.5. The van der Waals surface area contributed by atoms with Gasteiger partial charge in [0.25, 0.3) is 0 Å². The van der Waals surface area contributed by atoms with E-state index in [1.807, 2.05) is 19.9 Å². The van der Waals surface area contributed by atoms with Crippen molar-refractivity contribution in [1.29, 1.82) is 0 Å². The summed E-state index contributed by atoms with van der Waals surface area (Å²) in [6, 6.07) is 3.78. The van der Waals surface area contributed by atoms with Gasteiger partial charge in [0.05, 0.1) is 17.8 Å². The second-order valence-electron chi connectivity index (χ2n) is 7.87. The molecule has 0 aliphatic carbocycles. The summed E-state index contributed by atoms with van der Waals surface area (Å²) < 4.78 is 51.3. The number of aliphatic hydroxyl groups excluding tert-OH is 1. The molecule has 8 heteroatoms. The highest BCUT2D eigenvalue weighted by molar-refractivity contribution is 5.68. The molecular formula is C21H29F3N2O3. The lowest BCUT2D eigenvalue weighted by molar-refractivity contribution is -0.137. The predicted molar refractivity (Wildman–Crippen MR) is 105 cm³/mol. The molecule has 0 amide bonds. The van der Waals surface area contributed by atoms with Crippen molar-refractivity contribution in [2.24, 2.45) is 0 Å². The van der Waals surface area contributed by atoms with E-state index in [4.69, 9.17) is 9.47 Å². The Hall–Kier alpha value is -1.61. The number of nitrogens with one attached hydrogen (secondary N) is 1. The Bertz CT molecular complexity index is 714. The Morgan fingerprint density at radius 1 is 1.24 bits per heavy atom. The van der Waals surface area contributed by atoms with Gasteiger partial charge in [-0.2, -0.15) is 13.2 Å². The maximum Gasteiger partial charge on any atom is 0.416 e. The topological polar surface area (TPSA) is 54.0 Å². The summed E-state index contributed by atoms with van der Waals surface area (Å²) in [6.45, 7) is 7.05. The molecule has 5 nitrogen and oxygen atoms in total. The minimum absolute atomic E-state index is 0.0680. The maximum absolute atomic E-state index is 13.3. The van der Waals surface area contributed by atoms with Gasteiger partial charge >= 0.3 is 6.18 Å². The molecule has 3 atom stereocenters. The molecule has 3 rings (SSSR count). The molecule has 0 saturated carbocycles. The van der Waals surface area contributed by atoms with E-state index < -0.39 is 17.8 Å². The van der Waals surface area contributed by atoms with Crippen LogP contribution < -0.4 is 10.1 Å². The summed E-state index contributed by atoms with van der Waals surface area (Å²) in [4.78, 5) is 2.09. The first kappa shape index (κ1) is 22.1. The third-order valence-corrected chi connectivity index (χ3v) is 5.08. The molecule has 0 radical (unpaired) electrons. The molecule has 0 bridgehead atoms. The van der Waals surface area contributed by atoms with Crippen molar-refractivity contribution in [3.63, 3.8) is 0 Å². The number of benzene rings is 1. The maximum atomic E-state index is 13.3. The molecule has 2 aliphatic rings. The molecular weight excluding hydrogens is 385 g/mol. The van der Waals surface area contributed by atoms with Crippen LogP contribution in [0.1, 0.15) is 31.4 Å². The fraction of sp³-hybridized carbons (Fsp3) is 0.619. The van der Waals surface area contributed by atoms with Gasteiger partial charge in [-0.25, -0.2) is 0 Å². The van der Waals surface area contributed by atoms with Gasteiger partial charge in [0, 0.05) is 26.2 Å². The van der Waals surface area contributed by atoms with Crippen molar-refractivity contribution in [2.75, 3.05) is 39.3 Å². The number of ether oxygens (including phenoxy) is 2. The monoisotopic (exact) mass is 414 g/mol. The molecule has 0 aromatic heterocycles. The predicted octanol–water partition coefficient (Wildman–Crippen LogP) is 2.93. The van der Waals surface area contributed by atoms with Crippen LogP contribution >= 0.6 is 0 Å². The largest absolute Gasteiger partial charge is 0.491 e. The number of nitrogens with zero attached hydrogens (tertiary/aromatic N) is 1. The molecule has 0 spiro atoms. The van der Waals surface area contributed by atoms with Crippen LogP contribution in [0.5, 0.6) is 5.75 Å². The minimum atomic E-state index is -4.46. The molecule has 1 unspecified atom stereocenters. The summed E-state index contributed by atoms with van der Waals surface area (Å²) in [5.41, 5.74) is 0.646. The third-order valence-electron chi connectivity index (χ3n) is 5.08. The summed E-state index contributed by atoms with van der Waals surface area (Å²) >= 11 is 0. The first-order valence-electron chi connectivity index (χ1n) is 10.0. The van der Waals surface area contributed by atoms with Crippen LogP contribution in [0.4, 0.5) is 13.2 Å². The van der Waals surface area contributed by atoms with Crippen LogP contribution in [0.25, 0.3) is 5.57 Å². The van der Waals surface area contributed by atoms with Crippen LogP contribution in [0.2, 0.25) is 0 Å². The van der Waals surface area contributed by atoms with Gasteiger partial charge < -0.3 is 19.9 Å². The van der Waals surface area contributed by atoms with Crippen LogP contribution in [-0.2, 0) is 10.9 Å². The molecule has 2 heterocycles. The molecule has 1 saturated heterocycles. The number of halogens is 3. The van der Waals surface area contributed by atoms with Gasteiger partial charge in [0.2, 0.25) is 0 Å². The van der Waals surface area contributed by atoms with Gasteiger partial charge in [-0.3, -0.25) is 4.90 Å². The highest BCUT2D eigenvalue weighted by Gasteiger charge is 2.32. The zero-order chi connectivity index (χ0) is 21.0. The quantitative estimate of drug-likeness (QED) is 0.750. The van der Waals surface area contributed by atoms with Crippen LogP contribution in [0.15, 0.2) is 24.3 Å². The first-order valence-corrected chi connectivity index (χ1v) is 10.0. The normalized spacial score (nSPS) is 24.8. The molecule has 162 valence electrons. The number of aliphatic hydroxyl groups is 1. The van der Waals surface area contributed by atoms with Crippen LogP contribution in [0.3, 0.4) is 0 Å². The van der Waals surface area contributed by atoms with E-state index in [0.29, 0.717) is 38.2 Å². The molecule has 1 aromatic carbocycles. The number of alkyl halides is 3. The Morgan fingerprint density at radius 2 is 1.97 bits per heavy atom. The molecule has 1 aromatic rings. The van der Waals surface area contributed by atoms with E-state index in [2.05, 4.69) is 10.2 Å². The van der Waals surface area contributed by atoms with E-state index in [1.54, 1.807) is 6.07 Å². The highest BCUT2D eigenvalue weighted by Crippen LogP contribution is 2.35. The lowest BCUT2D eigenvalue weighted by Gasteiger charge is -2.36. The summed E-state index contributed by atoms with van der Waals surface area (Å²) in [5.74, 6) is 0.122. The van der Waals surface area contributed by atoms with Crippen molar-refractivity contribution >= 4 is 5.57 Å². The van der Waals surface area contributed by atoms with Gasteiger partial charge in [-0.15, -0.1) is 0 Å². The zero-order valence-electron chi connectivity index (χ0n) is 16.8. The smallest absolute Gasteiger partial charge is 0.416 e. The molecule has 29 heavy (non-hydrogen) atoms. The fourth-order valence-corrected chi connectivity index (χ4v) is 3.89. The van der Waals surface area contributed by atoms with Crippen LogP contribution in [-0.4, -0.2) is 67.6 Å². The summed E-state index contributed by atoms with van der Waals surface area (Å²) in [6.07, 6.45) is -2.54. The minimum Gasteiger partial charge on any atom is -0.491 e. The number of hydrogen-bond donors (Lipinski definition) is 2. The van der Waals surface area contributed by atoms with Crippen molar-refractivity contribution in [1.82, 2.24) is 10.2 Å². The van der Waals surface area contributed by atoms with Crippen LogP contribution in [0, 0.1) is 0 Å². The fourth-order valence-electron chi connectivity index (χ4n) is 3.89. The van der Waals surface area contributed by atoms with E-state index >= 15 is 0 Å². The standard InChI is InChI=1S/C21H29F3N2O3/c1-14-10-26(11-15(2)29-14)12-19(27)13-28-20-8-17(16-3-5-25-6-4-16)7-18(9-20)21(22,23)24/h3,7-9,14-15,19,25,27H,4-6,10-13H2,1-2H3/t14-,15+,19?. The van der Waals surface area contributed by atoms with Crippen molar-refractivity contribution in [2.45, 2.75) is 44.8 Å². The highest BCUT2D eigenvalue weighted by atomic mass is 19.4. The lowest BCUT2D eigenvalue weighted by atomic mass is 9.98. The molecule has 2 aliphatic heterocycles. The van der Waals surface area contributed by atoms with Gasteiger partial charge in [-0.1, -0.05) is 6.08 Å². The number of rotatable bonds is 6. The Balaban J connectivity index is 1.67. The molecule has 2 N–H and O–H groups in total. The Labute approximate surface area is 169 Å². The third kappa shape index (κ3) is 6.44.